The zero-order valence-corrected chi connectivity index (χ0v) is 18.5. The summed E-state index contributed by atoms with van der Waals surface area (Å²) in [6, 6.07) is -0.117. The number of nitrogens with zero attached hydrogens (tertiary/aromatic N) is 1. The predicted molar refractivity (Wildman–Crippen MR) is 110 cm³/mol. The zero-order chi connectivity index (χ0) is 21.7. The van der Waals surface area contributed by atoms with E-state index in [0.717, 1.165) is 32.1 Å². The van der Waals surface area contributed by atoms with Crippen molar-refractivity contribution in [2.75, 3.05) is 13.1 Å². The van der Waals surface area contributed by atoms with Gasteiger partial charge < -0.3 is 25.0 Å². The molecule has 0 aromatic heterocycles. The van der Waals surface area contributed by atoms with Crippen molar-refractivity contribution in [2.24, 2.45) is 17.8 Å². The van der Waals surface area contributed by atoms with E-state index in [2.05, 4.69) is 10.6 Å². The molecule has 0 aromatic rings. The number of carbonyl (C=O) groups excluding carboxylic acids is 3. The molecule has 1 saturated heterocycles. The Labute approximate surface area is 178 Å². The van der Waals surface area contributed by atoms with Gasteiger partial charge in [0.25, 0.3) is 0 Å². The van der Waals surface area contributed by atoms with Gasteiger partial charge in [-0.2, -0.15) is 0 Å². The third-order valence-corrected chi connectivity index (χ3v) is 7.03. The highest BCUT2D eigenvalue weighted by atomic mass is 16.6. The van der Waals surface area contributed by atoms with Gasteiger partial charge in [-0.05, 0) is 77.0 Å². The molecule has 0 spiro atoms. The number of ether oxygens (including phenoxy) is 2. The Kier molecular flexibility index (Phi) is 5.39. The fraction of sp³-hybridized carbons (Fsp3) is 0.864. The van der Waals surface area contributed by atoms with Crippen LogP contribution in [0, 0.1) is 17.8 Å². The smallest absolute Gasteiger partial charge is 0.410 e. The van der Waals surface area contributed by atoms with E-state index >= 15 is 0 Å². The summed E-state index contributed by atoms with van der Waals surface area (Å²) in [5.74, 6) is 1.31. The molecule has 0 radical (unpaired) electrons. The molecule has 1 heterocycles. The molecule has 4 bridgehead atoms. The van der Waals surface area contributed by atoms with E-state index in [1.165, 1.54) is 0 Å². The summed E-state index contributed by atoms with van der Waals surface area (Å²) in [5.41, 5.74) is -0.642. The molecule has 4 aliphatic carbocycles. The molecule has 30 heavy (non-hydrogen) atoms. The average molecular weight is 422 g/mol. The Morgan fingerprint density at radius 1 is 1.07 bits per heavy atom. The molecule has 0 aromatic carbocycles. The molecule has 2 N–H and O–H groups in total. The van der Waals surface area contributed by atoms with Crippen molar-refractivity contribution in [3.63, 3.8) is 0 Å². The second-order valence-electron chi connectivity index (χ2n) is 10.9. The Morgan fingerprint density at radius 3 is 2.33 bits per heavy atom. The Morgan fingerprint density at radius 2 is 1.73 bits per heavy atom. The first-order valence-corrected chi connectivity index (χ1v) is 11.3. The summed E-state index contributed by atoms with van der Waals surface area (Å²) in [7, 11) is 0. The lowest BCUT2D eigenvalue weighted by molar-refractivity contribution is -0.137. The summed E-state index contributed by atoms with van der Waals surface area (Å²) >= 11 is 0. The summed E-state index contributed by atoms with van der Waals surface area (Å²) in [5, 5.41) is 6.06. The number of nitrogens with one attached hydrogen (secondary N) is 2. The quantitative estimate of drug-likeness (QED) is 0.730. The predicted octanol–water partition coefficient (Wildman–Crippen LogP) is 2.81. The summed E-state index contributed by atoms with van der Waals surface area (Å²) < 4.78 is 11.3. The largest absolute Gasteiger partial charge is 0.446 e. The van der Waals surface area contributed by atoms with Crippen molar-refractivity contribution in [1.29, 1.82) is 0 Å². The lowest BCUT2D eigenvalue weighted by atomic mass is 9.51. The van der Waals surface area contributed by atoms with Crippen LogP contribution in [-0.4, -0.2) is 59.4 Å². The zero-order valence-electron chi connectivity index (χ0n) is 18.5. The third-order valence-electron chi connectivity index (χ3n) is 7.03. The monoisotopic (exact) mass is 421 g/mol. The van der Waals surface area contributed by atoms with Crippen LogP contribution >= 0.6 is 0 Å². The Balaban J connectivity index is 1.30. The molecule has 2 unspecified atom stereocenters. The molecular formula is C22H35N3O5. The van der Waals surface area contributed by atoms with Crippen molar-refractivity contribution >= 4 is 18.1 Å². The van der Waals surface area contributed by atoms with Crippen LogP contribution in [0.3, 0.4) is 0 Å². The van der Waals surface area contributed by atoms with Crippen molar-refractivity contribution in [2.45, 2.75) is 89.5 Å². The van der Waals surface area contributed by atoms with E-state index in [9.17, 15) is 14.4 Å². The second-order valence-corrected chi connectivity index (χ2v) is 10.9. The van der Waals surface area contributed by atoms with Crippen LogP contribution in [0.15, 0.2) is 0 Å². The molecular weight excluding hydrogens is 386 g/mol. The van der Waals surface area contributed by atoms with Gasteiger partial charge in [0.05, 0.1) is 6.04 Å². The van der Waals surface area contributed by atoms with E-state index in [1.807, 2.05) is 20.8 Å². The summed E-state index contributed by atoms with van der Waals surface area (Å²) in [4.78, 5) is 38.2. The van der Waals surface area contributed by atoms with E-state index in [1.54, 1.807) is 11.8 Å². The maximum atomic E-state index is 12.8. The number of amides is 3. The molecule has 1 aliphatic heterocycles. The van der Waals surface area contributed by atoms with E-state index in [4.69, 9.17) is 9.47 Å². The van der Waals surface area contributed by atoms with Crippen molar-refractivity contribution in [1.82, 2.24) is 15.5 Å². The van der Waals surface area contributed by atoms with E-state index in [-0.39, 0.29) is 29.7 Å². The normalized spacial score (nSPS) is 37.1. The lowest BCUT2D eigenvalue weighted by Crippen LogP contribution is -2.64. The maximum Gasteiger partial charge on any atom is 0.410 e. The minimum atomic E-state index is -0.546. The Bertz CT molecular complexity index is 702. The lowest BCUT2D eigenvalue weighted by Gasteiger charge is -2.59. The number of hydrogen-bond acceptors (Lipinski definition) is 5. The highest BCUT2D eigenvalue weighted by Gasteiger charge is 2.57. The van der Waals surface area contributed by atoms with Gasteiger partial charge >= 0.3 is 12.2 Å². The minimum absolute atomic E-state index is 0.0334. The van der Waals surface area contributed by atoms with Crippen molar-refractivity contribution in [3.8, 4) is 0 Å². The van der Waals surface area contributed by atoms with Gasteiger partial charge in [0.15, 0.2) is 0 Å². The summed E-state index contributed by atoms with van der Waals surface area (Å²) in [6.45, 7) is 8.08. The van der Waals surface area contributed by atoms with Gasteiger partial charge in [-0.15, -0.1) is 0 Å². The van der Waals surface area contributed by atoms with Crippen LogP contribution < -0.4 is 10.6 Å². The maximum absolute atomic E-state index is 12.8. The molecule has 3 atom stereocenters. The fourth-order valence-electron chi connectivity index (χ4n) is 6.41. The average Bonchev–Trinajstić information content (AvgIpc) is 3.02. The first-order valence-electron chi connectivity index (χ1n) is 11.3. The number of likely N-dealkylation sites (tertiary alicyclic amines) is 1. The topological polar surface area (TPSA) is 97.0 Å². The molecule has 8 heteroatoms. The molecule has 8 nitrogen and oxygen atoms in total. The van der Waals surface area contributed by atoms with Gasteiger partial charge in [0.1, 0.15) is 11.7 Å². The SMILES string of the molecule is CC(=O)NC12CC3CC(C1)C(OC(=O)N1CC[C@@H](NC(=O)OC(C)(C)C)C1)C(C3)C2. The first-order chi connectivity index (χ1) is 14.0. The fourth-order valence-corrected chi connectivity index (χ4v) is 6.41. The molecule has 3 amide bonds. The van der Waals surface area contributed by atoms with Crippen LogP contribution in [0.1, 0.15) is 66.2 Å². The van der Waals surface area contributed by atoms with Gasteiger partial charge in [0, 0.05) is 25.6 Å². The number of carbonyl (C=O) groups is 3. The van der Waals surface area contributed by atoms with Crippen molar-refractivity contribution in [3.05, 3.63) is 0 Å². The van der Waals surface area contributed by atoms with Gasteiger partial charge in [-0.3, -0.25) is 4.79 Å². The van der Waals surface area contributed by atoms with E-state index in [0.29, 0.717) is 37.3 Å². The standard InChI is InChI=1S/C22H35N3O5/c1-13(26)24-22-9-14-7-15(10-22)18(16(8-14)11-22)29-20(28)25-6-5-17(12-25)23-19(27)30-21(2,3)4/h14-18H,5-12H2,1-4H3,(H,23,27)(H,24,26)/t14?,15?,16?,17-,18?,22?/m1/s1. The first kappa shape index (κ1) is 21.2. The van der Waals surface area contributed by atoms with Crippen LogP contribution in [0.5, 0.6) is 0 Å². The van der Waals surface area contributed by atoms with Crippen LogP contribution in [0.4, 0.5) is 9.59 Å². The number of alkyl carbamates (subject to hydrolysis) is 1. The molecule has 5 fully saturated rings. The van der Waals surface area contributed by atoms with Crippen LogP contribution in [-0.2, 0) is 14.3 Å². The summed E-state index contributed by atoms with van der Waals surface area (Å²) in [6.07, 6.45) is 4.93. The minimum Gasteiger partial charge on any atom is -0.446 e. The van der Waals surface area contributed by atoms with Crippen LogP contribution in [0.25, 0.3) is 0 Å². The van der Waals surface area contributed by atoms with Gasteiger partial charge in [-0.1, -0.05) is 0 Å². The molecule has 4 saturated carbocycles. The highest BCUT2D eigenvalue weighted by Crippen LogP contribution is 2.56. The number of rotatable bonds is 3. The third kappa shape index (κ3) is 4.52. The highest BCUT2D eigenvalue weighted by molar-refractivity contribution is 5.74. The molecule has 168 valence electrons. The molecule has 5 rings (SSSR count). The molecule has 5 aliphatic rings. The number of hydrogen-bond donors (Lipinski definition) is 2. The Hall–Kier alpha value is -1.99. The van der Waals surface area contributed by atoms with Crippen LogP contribution in [0.2, 0.25) is 0 Å². The van der Waals surface area contributed by atoms with E-state index < -0.39 is 11.7 Å². The second kappa shape index (κ2) is 7.61. The van der Waals surface area contributed by atoms with Gasteiger partial charge in [-0.25, -0.2) is 9.59 Å². The van der Waals surface area contributed by atoms with Crippen molar-refractivity contribution < 1.29 is 23.9 Å². The van der Waals surface area contributed by atoms with Gasteiger partial charge in [0.2, 0.25) is 5.91 Å².